The number of carbonyl (C=O) groups excluding carboxylic acids is 2. The van der Waals surface area contributed by atoms with E-state index in [0.29, 0.717) is 22.7 Å². The third-order valence-electron chi connectivity index (χ3n) is 4.21. The van der Waals surface area contributed by atoms with Crippen molar-refractivity contribution in [3.8, 4) is 0 Å². The molecule has 1 aliphatic heterocycles. The molecule has 5 nitrogen and oxygen atoms in total. The Balaban J connectivity index is 1.74. The van der Waals surface area contributed by atoms with E-state index >= 15 is 0 Å². The number of nitrogens with zero attached hydrogens (tertiary/aromatic N) is 1. The Morgan fingerprint density at radius 2 is 1.77 bits per heavy atom. The van der Waals surface area contributed by atoms with Crippen molar-refractivity contribution in [1.82, 2.24) is 0 Å². The van der Waals surface area contributed by atoms with Crippen LogP contribution in [0.15, 0.2) is 54.6 Å². The average molecular weight is 370 g/mol. The minimum atomic E-state index is -1.04. The van der Waals surface area contributed by atoms with Gasteiger partial charge in [-0.05, 0) is 47.9 Å². The summed E-state index contributed by atoms with van der Waals surface area (Å²) in [6.07, 6.45) is 3.13. The first-order valence-electron chi connectivity index (χ1n) is 8.06. The number of carboxylic acids is 1. The molecule has 1 N–H and O–H groups in total. The number of halogens is 1. The molecule has 26 heavy (non-hydrogen) atoms. The van der Waals surface area contributed by atoms with Crippen molar-refractivity contribution in [3.05, 3.63) is 70.8 Å². The Morgan fingerprint density at radius 1 is 1.12 bits per heavy atom. The second-order valence-corrected chi connectivity index (χ2v) is 6.50. The topological polar surface area (TPSA) is 74.7 Å². The van der Waals surface area contributed by atoms with Gasteiger partial charge in [0.15, 0.2) is 0 Å². The van der Waals surface area contributed by atoms with Gasteiger partial charge in [-0.25, -0.2) is 4.79 Å². The largest absolute Gasteiger partial charge is 0.478 e. The van der Waals surface area contributed by atoms with Crippen LogP contribution in [0.5, 0.6) is 0 Å². The van der Waals surface area contributed by atoms with Crippen molar-refractivity contribution < 1.29 is 19.5 Å². The minimum absolute atomic E-state index is 0.169. The number of hydrogen-bond acceptors (Lipinski definition) is 3. The van der Waals surface area contributed by atoms with Gasteiger partial charge < -0.3 is 5.11 Å². The molecule has 0 saturated carbocycles. The van der Waals surface area contributed by atoms with E-state index in [1.807, 2.05) is 12.1 Å². The smallest absolute Gasteiger partial charge is 0.328 e. The zero-order chi connectivity index (χ0) is 18.7. The fourth-order valence-electron chi connectivity index (χ4n) is 2.93. The molecule has 0 bridgehead atoms. The molecule has 2 amide bonds. The Hall–Kier alpha value is -2.92. The Labute approximate surface area is 155 Å². The van der Waals surface area contributed by atoms with E-state index in [0.717, 1.165) is 11.6 Å². The number of carbonyl (C=O) groups is 3. The summed E-state index contributed by atoms with van der Waals surface area (Å²) in [6, 6.07) is 13.9. The van der Waals surface area contributed by atoms with E-state index in [4.69, 9.17) is 16.7 Å². The maximum atomic E-state index is 12.7. The van der Waals surface area contributed by atoms with E-state index in [-0.39, 0.29) is 18.2 Å². The number of carboxylic acid groups (broad SMARTS) is 1. The zero-order valence-electron chi connectivity index (χ0n) is 13.8. The zero-order valence-corrected chi connectivity index (χ0v) is 14.5. The number of amides is 2. The molecular formula is C20H16ClNO4. The van der Waals surface area contributed by atoms with E-state index in [9.17, 15) is 14.4 Å². The molecule has 1 fully saturated rings. The van der Waals surface area contributed by atoms with Crippen LogP contribution in [-0.2, 0) is 20.8 Å². The third-order valence-corrected chi connectivity index (χ3v) is 4.46. The SMILES string of the molecule is O=C(O)/C=C/c1ccc(N2C(=O)C[C@@H](Cc3ccc(Cl)cc3)C2=O)cc1. The number of rotatable bonds is 5. The standard InChI is InChI=1S/C20H16ClNO4/c21-16-6-1-14(2-7-16)11-15-12-18(23)22(20(15)26)17-8-3-13(4-9-17)5-10-19(24)25/h1-10,15H,11-12H2,(H,24,25)/b10-5+/t15-/m1/s1. The Bertz CT molecular complexity index is 872. The minimum Gasteiger partial charge on any atom is -0.478 e. The molecule has 1 aliphatic rings. The molecule has 0 aromatic heterocycles. The number of benzene rings is 2. The van der Waals surface area contributed by atoms with Crippen LogP contribution in [0.4, 0.5) is 5.69 Å². The summed E-state index contributed by atoms with van der Waals surface area (Å²) in [5.74, 6) is -1.89. The van der Waals surface area contributed by atoms with E-state index in [2.05, 4.69) is 0 Å². The van der Waals surface area contributed by atoms with Crippen LogP contribution in [0, 0.1) is 5.92 Å². The van der Waals surface area contributed by atoms with Gasteiger partial charge in [-0.2, -0.15) is 0 Å². The van der Waals surface area contributed by atoms with Crippen molar-refractivity contribution in [2.75, 3.05) is 4.90 Å². The maximum Gasteiger partial charge on any atom is 0.328 e. The summed E-state index contributed by atoms with van der Waals surface area (Å²) in [7, 11) is 0. The van der Waals surface area contributed by atoms with Crippen LogP contribution in [0.3, 0.4) is 0 Å². The van der Waals surface area contributed by atoms with Crippen LogP contribution in [0.2, 0.25) is 5.02 Å². The molecule has 3 rings (SSSR count). The fraction of sp³-hybridized carbons (Fsp3) is 0.150. The van der Waals surface area contributed by atoms with Gasteiger partial charge in [-0.15, -0.1) is 0 Å². The van der Waals surface area contributed by atoms with Gasteiger partial charge in [0.25, 0.3) is 0 Å². The molecule has 0 radical (unpaired) electrons. The van der Waals surface area contributed by atoms with Crippen molar-refractivity contribution in [2.45, 2.75) is 12.8 Å². The van der Waals surface area contributed by atoms with Crippen molar-refractivity contribution in [1.29, 1.82) is 0 Å². The van der Waals surface area contributed by atoms with Crippen LogP contribution in [0.1, 0.15) is 17.5 Å². The summed E-state index contributed by atoms with van der Waals surface area (Å²) in [4.78, 5) is 36.8. The number of hydrogen-bond donors (Lipinski definition) is 1. The predicted octanol–water partition coefficient (Wildman–Crippen LogP) is 3.56. The van der Waals surface area contributed by atoms with E-state index < -0.39 is 11.9 Å². The summed E-state index contributed by atoms with van der Waals surface area (Å²) in [5, 5.41) is 9.27. The predicted molar refractivity (Wildman–Crippen MR) is 98.9 cm³/mol. The molecule has 2 aromatic carbocycles. The molecule has 1 atom stereocenters. The van der Waals surface area contributed by atoms with Gasteiger partial charge in [0.05, 0.1) is 11.6 Å². The lowest BCUT2D eigenvalue weighted by Crippen LogP contribution is -2.30. The molecule has 132 valence electrons. The lowest BCUT2D eigenvalue weighted by Gasteiger charge is -2.15. The second kappa shape index (κ2) is 7.54. The average Bonchev–Trinajstić information content (AvgIpc) is 2.89. The summed E-state index contributed by atoms with van der Waals surface area (Å²) < 4.78 is 0. The molecule has 0 unspecified atom stereocenters. The highest BCUT2D eigenvalue weighted by atomic mass is 35.5. The van der Waals surface area contributed by atoms with E-state index in [1.54, 1.807) is 36.4 Å². The Kier molecular flexibility index (Phi) is 5.19. The Morgan fingerprint density at radius 3 is 2.38 bits per heavy atom. The van der Waals surface area contributed by atoms with Gasteiger partial charge in [0, 0.05) is 17.5 Å². The third kappa shape index (κ3) is 4.00. The lowest BCUT2D eigenvalue weighted by atomic mass is 9.98. The van der Waals surface area contributed by atoms with Gasteiger partial charge in [-0.1, -0.05) is 35.9 Å². The number of imide groups is 1. The highest BCUT2D eigenvalue weighted by Gasteiger charge is 2.39. The van der Waals surface area contributed by atoms with Gasteiger partial charge in [-0.3, -0.25) is 14.5 Å². The monoisotopic (exact) mass is 369 g/mol. The first kappa shape index (κ1) is 17.9. The van der Waals surface area contributed by atoms with Crippen LogP contribution >= 0.6 is 11.6 Å². The first-order chi connectivity index (χ1) is 12.4. The summed E-state index contributed by atoms with van der Waals surface area (Å²) in [5.41, 5.74) is 2.12. The lowest BCUT2D eigenvalue weighted by molar-refractivity contribution is -0.131. The molecule has 2 aromatic rings. The normalized spacial score (nSPS) is 17.3. The van der Waals surface area contributed by atoms with E-state index in [1.165, 1.54) is 11.0 Å². The van der Waals surface area contributed by atoms with Crippen molar-refractivity contribution in [2.24, 2.45) is 5.92 Å². The van der Waals surface area contributed by atoms with Crippen LogP contribution in [-0.4, -0.2) is 22.9 Å². The van der Waals surface area contributed by atoms with Crippen molar-refractivity contribution >= 4 is 41.1 Å². The van der Waals surface area contributed by atoms with Crippen molar-refractivity contribution in [3.63, 3.8) is 0 Å². The second-order valence-electron chi connectivity index (χ2n) is 6.06. The molecule has 0 spiro atoms. The molecular weight excluding hydrogens is 354 g/mol. The highest BCUT2D eigenvalue weighted by molar-refractivity contribution is 6.30. The fourth-order valence-corrected chi connectivity index (χ4v) is 3.06. The van der Waals surface area contributed by atoms with Gasteiger partial charge >= 0.3 is 5.97 Å². The molecule has 0 aliphatic carbocycles. The first-order valence-corrected chi connectivity index (χ1v) is 8.44. The number of anilines is 1. The summed E-state index contributed by atoms with van der Waals surface area (Å²) in [6.45, 7) is 0. The van der Waals surface area contributed by atoms with Crippen LogP contribution < -0.4 is 4.90 Å². The maximum absolute atomic E-state index is 12.7. The highest BCUT2D eigenvalue weighted by Crippen LogP contribution is 2.29. The molecule has 6 heteroatoms. The van der Waals surface area contributed by atoms with Gasteiger partial charge in [0.2, 0.25) is 11.8 Å². The summed E-state index contributed by atoms with van der Waals surface area (Å²) >= 11 is 5.87. The quantitative estimate of drug-likeness (QED) is 0.646. The molecule has 1 heterocycles. The molecule has 1 saturated heterocycles. The number of aliphatic carboxylic acids is 1. The van der Waals surface area contributed by atoms with Crippen LogP contribution in [0.25, 0.3) is 6.08 Å². The van der Waals surface area contributed by atoms with Gasteiger partial charge in [0.1, 0.15) is 0 Å².